The summed E-state index contributed by atoms with van der Waals surface area (Å²) < 4.78 is 3.12. The van der Waals surface area contributed by atoms with Crippen LogP contribution >= 0.6 is 22.9 Å². The lowest BCUT2D eigenvalue weighted by molar-refractivity contribution is 1.08. The summed E-state index contributed by atoms with van der Waals surface area (Å²) in [5, 5.41) is 4.03. The molecule has 4 rings (SSSR count). The van der Waals surface area contributed by atoms with Crippen molar-refractivity contribution in [2.75, 3.05) is 5.32 Å². The number of nitrogens with one attached hydrogen (secondary N) is 1. The first-order valence-electron chi connectivity index (χ1n) is 6.49. The van der Waals surface area contributed by atoms with Crippen molar-refractivity contribution in [3.05, 3.63) is 59.0 Å². The molecule has 0 saturated carbocycles. The van der Waals surface area contributed by atoms with Gasteiger partial charge in [0.15, 0.2) is 0 Å². The van der Waals surface area contributed by atoms with E-state index in [-0.39, 0.29) is 0 Å². The van der Waals surface area contributed by atoms with Gasteiger partial charge in [-0.15, -0.1) is 11.3 Å². The lowest BCUT2D eigenvalue weighted by Gasteiger charge is -2.07. The number of nitrogens with zero attached hydrogens (tertiary/aromatic N) is 3. The van der Waals surface area contributed by atoms with Gasteiger partial charge in [0.05, 0.1) is 33.2 Å². The second-order valence-corrected chi connectivity index (χ2v) is 5.97. The van der Waals surface area contributed by atoms with Crippen molar-refractivity contribution in [3.8, 4) is 0 Å². The van der Waals surface area contributed by atoms with Crippen LogP contribution < -0.4 is 5.32 Å². The zero-order valence-corrected chi connectivity index (χ0v) is 12.5. The van der Waals surface area contributed by atoms with Crippen LogP contribution in [0, 0.1) is 0 Å². The van der Waals surface area contributed by atoms with Crippen LogP contribution in [-0.4, -0.2) is 14.4 Å². The number of fused-ring (bicyclic) bond motifs is 2. The van der Waals surface area contributed by atoms with Gasteiger partial charge >= 0.3 is 0 Å². The Morgan fingerprint density at radius 2 is 2.19 bits per heavy atom. The molecular weight excluding hydrogens is 304 g/mol. The number of imidazole rings is 1. The maximum Gasteiger partial charge on any atom is 0.137 e. The van der Waals surface area contributed by atoms with Gasteiger partial charge in [0.25, 0.3) is 0 Å². The third-order valence-electron chi connectivity index (χ3n) is 3.31. The third-order valence-corrected chi connectivity index (χ3v) is 4.42. The van der Waals surface area contributed by atoms with Gasteiger partial charge < -0.3 is 9.72 Å². The summed E-state index contributed by atoms with van der Waals surface area (Å²) in [5.41, 5.74) is 5.51. The first-order chi connectivity index (χ1) is 10.3. The molecule has 4 aromatic rings. The van der Waals surface area contributed by atoms with Gasteiger partial charge in [-0.1, -0.05) is 17.7 Å². The summed E-state index contributed by atoms with van der Waals surface area (Å²) in [7, 11) is 0. The molecule has 104 valence electrons. The molecule has 6 heteroatoms. The summed E-state index contributed by atoms with van der Waals surface area (Å²) in [6.45, 7) is 0.609. The van der Waals surface area contributed by atoms with Crippen LogP contribution in [0.4, 0.5) is 5.69 Å². The Labute approximate surface area is 130 Å². The van der Waals surface area contributed by atoms with Crippen molar-refractivity contribution in [1.82, 2.24) is 14.4 Å². The highest BCUT2D eigenvalue weighted by Crippen LogP contribution is 2.32. The fourth-order valence-corrected chi connectivity index (χ4v) is 3.23. The molecule has 0 amide bonds. The van der Waals surface area contributed by atoms with Crippen LogP contribution in [0.1, 0.15) is 5.69 Å². The summed E-state index contributed by atoms with van der Waals surface area (Å²) in [6, 6.07) is 9.84. The number of thiazole rings is 1. The molecular formula is C15H11ClN4S. The van der Waals surface area contributed by atoms with Crippen molar-refractivity contribution in [2.24, 2.45) is 0 Å². The highest BCUT2D eigenvalue weighted by molar-refractivity contribution is 7.16. The minimum Gasteiger partial charge on any atom is -0.376 e. The Hall–Kier alpha value is -2.11. The van der Waals surface area contributed by atoms with Crippen molar-refractivity contribution in [1.29, 1.82) is 0 Å². The normalized spacial score (nSPS) is 11.3. The van der Waals surface area contributed by atoms with Gasteiger partial charge in [-0.05, 0) is 24.3 Å². The molecule has 21 heavy (non-hydrogen) atoms. The molecule has 0 saturated heterocycles. The number of hydrogen-bond donors (Lipinski definition) is 1. The van der Waals surface area contributed by atoms with E-state index in [0.717, 1.165) is 27.2 Å². The number of aromatic nitrogens is 3. The monoisotopic (exact) mass is 314 g/mol. The van der Waals surface area contributed by atoms with Crippen LogP contribution in [-0.2, 0) is 6.54 Å². The van der Waals surface area contributed by atoms with Crippen LogP contribution in [0.2, 0.25) is 5.02 Å². The standard InChI is InChI=1S/C15H11ClN4S/c16-11-4-5-12-15(18-9-21-12)14(11)17-7-10-8-20-6-2-1-3-13(20)19-10/h1-6,8-9,17H,7H2. The average molecular weight is 315 g/mol. The molecule has 0 spiro atoms. The molecule has 0 atom stereocenters. The van der Waals surface area contributed by atoms with Crippen molar-refractivity contribution in [2.45, 2.75) is 6.54 Å². The van der Waals surface area contributed by atoms with E-state index >= 15 is 0 Å². The smallest absolute Gasteiger partial charge is 0.137 e. The molecule has 4 nitrogen and oxygen atoms in total. The molecule has 0 aliphatic rings. The summed E-state index contributed by atoms with van der Waals surface area (Å²) >= 11 is 7.89. The zero-order chi connectivity index (χ0) is 14.2. The lowest BCUT2D eigenvalue weighted by atomic mass is 10.3. The van der Waals surface area contributed by atoms with Crippen LogP contribution in [0.3, 0.4) is 0 Å². The fraction of sp³-hybridized carbons (Fsp3) is 0.0667. The SMILES string of the molecule is Clc1ccc2scnc2c1NCc1cn2ccccc2n1. The molecule has 3 aromatic heterocycles. The van der Waals surface area contributed by atoms with Gasteiger partial charge in [-0.25, -0.2) is 9.97 Å². The van der Waals surface area contributed by atoms with Crippen molar-refractivity contribution >= 4 is 44.5 Å². The fourth-order valence-electron chi connectivity index (χ4n) is 2.33. The molecule has 0 unspecified atom stereocenters. The maximum absolute atomic E-state index is 6.28. The minimum atomic E-state index is 0.609. The Morgan fingerprint density at radius 3 is 3.10 bits per heavy atom. The molecule has 0 aliphatic heterocycles. The largest absolute Gasteiger partial charge is 0.376 e. The van der Waals surface area contributed by atoms with E-state index in [9.17, 15) is 0 Å². The number of anilines is 1. The Morgan fingerprint density at radius 1 is 1.24 bits per heavy atom. The quantitative estimate of drug-likeness (QED) is 0.616. The molecule has 0 bridgehead atoms. The van der Waals surface area contributed by atoms with Gasteiger partial charge in [0, 0.05) is 12.4 Å². The number of halogens is 1. The minimum absolute atomic E-state index is 0.609. The summed E-state index contributed by atoms with van der Waals surface area (Å²) in [6.07, 6.45) is 4.00. The van der Waals surface area contributed by atoms with E-state index in [1.807, 2.05) is 52.6 Å². The second kappa shape index (κ2) is 5.02. The highest BCUT2D eigenvalue weighted by atomic mass is 35.5. The summed E-state index contributed by atoms with van der Waals surface area (Å²) in [5.74, 6) is 0. The average Bonchev–Trinajstić information content (AvgIpc) is 3.12. The number of rotatable bonds is 3. The first-order valence-corrected chi connectivity index (χ1v) is 7.75. The zero-order valence-electron chi connectivity index (χ0n) is 11.0. The maximum atomic E-state index is 6.28. The number of pyridine rings is 1. The lowest BCUT2D eigenvalue weighted by Crippen LogP contribution is -2.01. The van der Waals surface area contributed by atoms with E-state index in [0.29, 0.717) is 11.6 Å². The van der Waals surface area contributed by atoms with Crippen molar-refractivity contribution < 1.29 is 0 Å². The number of benzene rings is 1. The Balaban J connectivity index is 1.66. The van der Waals surface area contributed by atoms with Crippen LogP contribution in [0.5, 0.6) is 0 Å². The molecule has 1 N–H and O–H groups in total. The van der Waals surface area contributed by atoms with Crippen LogP contribution in [0.25, 0.3) is 15.9 Å². The van der Waals surface area contributed by atoms with E-state index < -0.39 is 0 Å². The van der Waals surface area contributed by atoms with Gasteiger partial charge in [0.2, 0.25) is 0 Å². The number of hydrogen-bond acceptors (Lipinski definition) is 4. The van der Waals surface area contributed by atoms with Crippen molar-refractivity contribution in [3.63, 3.8) is 0 Å². The van der Waals surface area contributed by atoms with Gasteiger partial charge in [0.1, 0.15) is 11.2 Å². The topological polar surface area (TPSA) is 42.2 Å². The van der Waals surface area contributed by atoms with E-state index in [2.05, 4.69) is 15.3 Å². The van der Waals surface area contributed by atoms with E-state index in [4.69, 9.17) is 11.6 Å². The van der Waals surface area contributed by atoms with Gasteiger partial charge in [-0.2, -0.15) is 0 Å². The Bertz CT molecular complexity index is 895. The molecule has 0 fully saturated rings. The van der Waals surface area contributed by atoms with E-state index in [1.165, 1.54) is 0 Å². The predicted octanol–water partition coefficient (Wildman–Crippen LogP) is 4.21. The second-order valence-electron chi connectivity index (χ2n) is 4.67. The molecule has 0 aliphatic carbocycles. The summed E-state index contributed by atoms with van der Waals surface area (Å²) in [4.78, 5) is 8.95. The predicted molar refractivity (Wildman–Crippen MR) is 87.1 cm³/mol. The van der Waals surface area contributed by atoms with Crippen LogP contribution in [0.15, 0.2) is 48.2 Å². The molecule has 1 aromatic carbocycles. The highest BCUT2D eigenvalue weighted by Gasteiger charge is 2.09. The van der Waals surface area contributed by atoms with Gasteiger partial charge in [-0.3, -0.25) is 0 Å². The van der Waals surface area contributed by atoms with E-state index in [1.54, 1.807) is 11.3 Å². The molecule has 3 heterocycles. The third kappa shape index (κ3) is 2.24. The Kier molecular flexibility index (Phi) is 3.02. The first kappa shape index (κ1) is 12.6. The molecule has 0 radical (unpaired) electrons.